The molecule has 1 aromatic heterocycles. The van der Waals surface area contributed by atoms with Crippen molar-refractivity contribution in [3.8, 4) is 0 Å². The lowest BCUT2D eigenvalue weighted by atomic mass is 10.0. The van der Waals surface area contributed by atoms with Crippen LogP contribution in [-0.2, 0) is 22.6 Å². The van der Waals surface area contributed by atoms with Crippen molar-refractivity contribution in [2.45, 2.75) is 26.9 Å². The molecule has 1 heterocycles. The third-order valence-electron chi connectivity index (χ3n) is 4.24. The van der Waals surface area contributed by atoms with E-state index in [1.807, 2.05) is 26.0 Å². The molecule has 3 aromatic rings. The van der Waals surface area contributed by atoms with Crippen LogP contribution in [-0.4, -0.2) is 11.9 Å². The second kappa shape index (κ2) is 6.81. The second-order valence-corrected chi connectivity index (χ2v) is 6.09. The molecule has 0 saturated carbocycles. The van der Waals surface area contributed by atoms with Crippen molar-refractivity contribution < 1.29 is 18.7 Å². The summed E-state index contributed by atoms with van der Waals surface area (Å²) >= 11 is 0. The van der Waals surface area contributed by atoms with Crippen molar-refractivity contribution in [2.75, 3.05) is 0 Å². The molecular weight excluding hydrogens is 318 g/mol. The van der Waals surface area contributed by atoms with Crippen LogP contribution in [0.1, 0.15) is 32.6 Å². The van der Waals surface area contributed by atoms with Gasteiger partial charge in [0, 0.05) is 16.5 Å². The van der Waals surface area contributed by atoms with E-state index in [0.717, 1.165) is 33.2 Å². The Morgan fingerprint density at radius 1 is 1.08 bits per heavy atom. The molecule has 0 aliphatic heterocycles. The Labute approximate surface area is 145 Å². The fourth-order valence-electron chi connectivity index (χ4n) is 2.61. The smallest absolute Gasteiger partial charge is 0.310 e. The number of fused-ring (bicyclic) bond motifs is 1. The number of primary amides is 1. The van der Waals surface area contributed by atoms with E-state index in [1.165, 1.54) is 0 Å². The lowest BCUT2D eigenvalue weighted by molar-refractivity contribution is -0.144. The number of rotatable bonds is 5. The molecular formula is C20H19NO4. The fraction of sp³-hybridized carbons (Fsp3) is 0.200. The van der Waals surface area contributed by atoms with Gasteiger partial charge in [0.15, 0.2) is 0 Å². The standard InChI is InChI=1S/C20H19NO4/c1-12-7-17-16(11-24-18(17)8-13(12)2)9-19(22)25-10-14-3-5-15(6-4-14)20(21)23/h3-8,11H,9-10H2,1-2H3,(H2,21,23). The zero-order valence-electron chi connectivity index (χ0n) is 14.2. The maximum Gasteiger partial charge on any atom is 0.310 e. The number of amides is 1. The van der Waals surface area contributed by atoms with Gasteiger partial charge in [-0.1, -0.05) is 12.1 Å². The summed E-state index contributed by atoms with van der Waals surface area (Å²) in [5, 5.41) is 0.936. The number of aryl methyl sites for hydroxylation is 2. The largest absolute Gasteiger partial charge is 0.464 e. The zero-order valence-corrected chi connectivity index (χ0v) is 14.2. The summed E-state index contributed by atoms with van der Waals surface area (Å²) in [5.41, 5.74) is 10.3. The summed E-state index contributed by atoms with van der Waals surface area (Å²) in [6, 6.07) is 10.7. The SMILES string of the molecule is Cc1cc2occ(CC(=O)OCc3ccc(C(N)=O)cc3)c2cc1C. The van der Waals surface area contributed by atoms with Gasteiger partial charge in [-0.25, -0.2) is 0 Å². The van der Waals surface area contributed by atoms with E-state index >= 15 is 0 Å². The number of hydrogen-bond donors (Lipinski definition) is 1. The van der Waals surface area contributed by atoms with Crippen molar-refractivity contribution in [2.24, 2.45) is 5.73 Å². The van der Waals surface area contributed by atoms with Crippen LogP contribution in [0.5, 0.6) is 0 Å². The Kier molecular flexibility index (Phi) is 4.57. The number of carbonyl (C=O) groups is 2. The average Bonchev–Trinajstić information content (AvgIpc) is 2.95. The third kappa shape index (κ3) is 3.71. The van der Waals surface area contributed by atoms with Crippen molar-refractivity contribution in [1.29, 1.82) is 0 Å². The second-order valence-electron chi connectivity index (χ2n) is 6.09. The molecule has 25 heavy (non-hydrogen) atoms. The van der Waals surface area contributed by atoms with E-state index in [9.17, 15) is 9.59 Å². The maximum absolute atomic E-state index is 12.1. The highest BCUT2D eigenvalue weighted by molar-refractivity contribution is 5.92. The Balaban J connectivity index is 1.65. The first-order valence-corrected chi connectivity index (χ1v) is 7.95. The Morgan fingerprint density at radius 3 is 2.44 bits per heavy atom. The van der Waals surface area contributed by atoms with Crippen molar-refractivity contribution in [3.05, 3.63) is 70.5 Å². The van der Waals surface area contributed by atoms with Gasteiger partial charge in [-0.3, -0.25) is 9.59 Å². The minimum absolute atomic E-state index is 0.145. The molecule has 0 spiro atoms. The topological polar surface area (TPSA) is 82.5 Å². The molecule has 5 nitrogen and oxygen atoms in total. The molecule has 2 aromatic carbocycles. The van der Waals surface area contributed by atoms with Crippen LogP contribution in [0.3, 0.4) is 0 Å². The van der Waals surface area contributed by atoms with E-state index in [-0.39, 0.29) is 19.0 Å². The number of nitrogens with two attached hydrogens (primary N) is 1. The third-order valence-corrected chi connectivity index (χ3v) is 4.24. The summed E-state index contributed by atoms with van der Waals surface area (Å²) in [6.07, 6.45) is 1.75. The van der Waals surface area contributed by atoms with Crippen LogP contribution in [0.4, 0.5) is 0 Å². The minimum atomic E-state index is -0.485. The molecule has 0 radical (unpaired) electrons. The van der Waals surface area contributed by atoms with Gasteiger partial charge in [-0.2, -0.15) is 0 Å². The van der Waals surface area contributed by atoms with Crippen molar-refractivity contribution in [1.82, 2.24) is 0 Å². The van der Waals surface area contributed by atoms with Crippen LogP contribution in [0.2, 0.25) is 0 Å². The molecule has 5 heteroatoms. The molecule has 1 amide bonds. The summed E-state index contributed by atoms with van der Waals surface area (Å²) in [5.74, 6) is -0.819. The zero-order chi connectivity index (χ0) is 18.0. The van der Waals surface area contributed by atoms with Gasteiger partial charge in [0.1, 0.15) is 12.2 Å². The van der Waals surface area contributed by atoms with Crippen LogP contribution in [0, 0.1) is 13.8 Å². The van der Waals surface area contributed by atoms with Crippen molar-refractivity contribution in [3.63, 3.8) is 0 Å². The molecule has 0 saturated heterocycles. The lowest BCUT2D eigenvalue weighted by Crippen LogP contribution is -2.11. The Bertz CT molecular complexity index is 938. The first-order chi connectivity index (χ1) is 11.9. The van der Waals surface area contributed by atoms with Crippen molar-refractivity contribution >= 4 is 22.8 Å². The summed E-state index contributed by atoms with van der Waals surface area (Å²) in [4.78, 5) is 23.2. The number of hydrogen-bond acceptors (Lipinski definition) is 4. The summed E-state index contributed by atoms with van der Waals surface area (Å²) in [6.45, 7) is 4.19. The number of ether oxygens (including phenoxy) is 1. The van der Waals surface area contributed by atoms with Crippen LogP contribution in [0.25, 0.3) is 11.0 Å². The molecule has 2 N–H and O–H groups in total. The van der Waals surface area contributed by atoms with E-state index in [0.29, 0.717) is 5.56 Å². The number of esters is 1. The number of furan rings is 1. The molecule has 0 fully saturated rings. The van der Waals surface area contributed by atoms with Gasteiger partial charge in [0.25, 0.3) is 0 Å². The summed E-state index contributed by atoms with van der Waals surface area (Å²) in [7, 11) is 0. The molecule has 0 aliphatic carbocycles. The van der Waals surface area contributed by atoms with Gasteiger partial charge < -0.3 is 14.9 Å². The first kappa shape index (κ1) is 16.8. The molecule has 3 rings (SSSR count). The Hall–Kier alpha value is -3.08. The monoisotopic (exact) mass is 337 g/mol. The predicted molar refractivity (Wildman–Crippen MR) is 94.1 cm³/mol. The van der Waals surface area contributed by atoms with Gasteiger partial charge in [0.2, 0.25) is 5.91 Å². The summed E-state index contributed by atoms with van der Waals surface area (Å²) < 4.78 is 10.8. The van der Waals surface area contributed by atoms with Crippen LogP contribution < -0.4 is 5.73 Å². The highest BCUT2D eigenvalue weighted by Gasteiger charge is 2.13. The molecule has 0 unspecified atom stereocenters. The average molecular weight is 337 g/mol. The first-order valence-electron chi connectivity index (χ1n) is 7.95. The maximum atomic E-state index is 12.1. The lowest BCUT2D eigenvalue weighted by Gasteiger charge is -2.05. The molecule has 0 aliphatic rings. The van der Waals surface area contributed by atoms with Gasteiger partial charge >= 0.3 is 5.97 Å². The number of carbonyl (C=O) groups excluding carboxylic acids is 2. The molecule has 128 valence electrons. The van der Waals surface area contributed by atoms with Crippen LogP contribution >= 0.6 is 0 Å². The highest BCUT2D eigenvalue weighted by Crippen LogP contribution is 2.25. The van der Waals surface area contributed by atoms with E-state index in [2.05, 4.69) is 0 Å². The number of benzene rings is 2. The normalized spacial score (nSPS) is 10.8. The predicted octanol–water partition coefficient (Wildman–Crippen LogP) is 3.43. The quantitative estimate of drug-likeness (QED) is 0.723. The van der Waals surface area contributed by atoms with E-state index in [1.54, 1.807) is 30.5 Å². The molecule has 0 bridgehead atoms. The highest BCUT2D eigenvalue weighted by atomic mass is 16.5. The van der Waals surface area contributed by atoms with Gasteiger partial charge in [-0.05, 0) is 54.8 Å². The van der Waals surface area contributed by atoms with Gasteiger partial charge in [0.05, 0.1) is 12.7 Å². The van der Waals surface area contributed by atoms with Gasteiger partial charge in [-0.15, -0.1) is 0 Å². The van der Waals surface area contributed by atoms with E-state index < -0.39 is 5.91 Å². The minimum Gasteiger partial charge on any atom is -0.464 e. The fourth-order valence-corrected chi connectivity index (χ4v) is 2.61. The molecule has 0 atom stereocenters. The Morgan fingerprint density at radius 2 is 1.76 bits per heavy atom. The van der Waals surface area contributed by atoms with Crippen LogP contribution in [0.15, 0.2) is 47.1 Å². The van der Waals surface area contributed by atoms with E-state index in [4.69, 9.17) is 14.9 Å².